The van der Waals surface area contributed by atoms with Gasteiger partial charge in [-0.05, 0) is 18.2 Å². The SMILES string of the molecule is N#CC(=Cc1c(F)cccc1Cl)C(=O)Nc1nccs1. The maximum Gasteiger partial charge on any atom is 0.268 e. The maximum absolute atomic E-state index is 13.6. The molecule has 1 heterocycles. The van der Waals surface area contributed by atoms with E-state index >= 15 is 0 Å². The van der Waals surface area contributed by atoms with Gasteiger partial charge in [0, 0.05) is 17.1 Å². The number of nitriles is 1. The monoisotopic (exact) mass is 307 g/mol. The van der Waals surface area contributed by atoms with Gasteiger partial charge in [0.05, 0.1) is 5.02 Å². The molecule has 0 spiro atoms. The number of aromatic nitrogens is 1. The Kier molecular flexibility index (Phi) is 4.45. The van der Waals surface area contributed by atoms with E-state index in [2.05, 4.69) is 10.3 Å². The minimum absolute atomic E-state index is 0.00000504. The summed E-state index contributed by atoms with van der Waals surface area (Å²) in [6, 6.07) is 5.84. The Balaban J connectivity index is 2.30. The average Bonchev–Trinajstić information content (AvgIpc) is 2.91. The van der Waals surface area contributed by atoms with E-state index in [0.29, 0.717) is 5.13 Å². The lowest BCUT2D eigenvalue weighted by molar-refractivity contribution is -0.112. The molecule has 1 N–H and O–H groups in total. The van der Waals surface area contributed by atoms with Crippen molar-refractivity contribution in [3.63, 3.8) is 0 Å². The summed E-state index contributed by atoms with van der Waals surface area (Å²) in [4.78, 5) is 15.7. The van der Waals surface area contributed by atoms with Crippen molar-refractivity contribution < 1.29 is 9.18 Å². The first-order valence-electron chi connectivity index (χ1n) is 5.38. The highest BCUT2D eigenvalue weighted by molar-refractivity contribution is 7.13. The number of hydrogen-bond donors (Lipinski definition) is 1. The van der Waals surface area contributed by atoms with Crippen LogP contribution in [0.4, 0.5) is 9.52 Å². The molecule has 0 bridgehead atoms. The quantitative estimate of drug-likeness (QED) is 0.697. The minimum atomic E-state index is -0.665. The van der Waals surface area contributed by atoms with Gasteiger partial charge >= 0.3 is 0 Å². The van der Waals surface area contributed by atoms with Crippen LogP contribution in [0.15, 0.2) is 35.3 Å². The van der Waals surface area contributed by atoms with Crippen LogP contribution in [0.25, 0.3) is 6.08 Å². The van der Waals surface area contributed by atoms with Gasteiger partial charge in [-0.15, -0.1) is 11.3 Å². The molecular weight excluding hydrogens is 301 g/mol. The molecule has 0 fully saturated rings. The standard InChI is InChI=1S/C13H7ClFN3OS/c14-10-2-1-3-11(15)9(10)6-8(7-16)12(19)18-13-17-4-5-20-13/h1-6H,(H,17,18,19). The van der Waals surface area contributed by atoms with Crippen LogP contribution in [-0.2, 0) is 4.79 Å². The molecule has 0 aliphatic heterocycles. The van der Waals surface area contributed by atoms with E-state index in [1.165, 1.54) is 35.7 Å². The fourth-order valence-corrected chi connectivity index (χ4v) is 2.13. The summed E-state index contributed by atoms with van der Waals surface area (Å²) >= 11 is 7.05. The fourth-order valence-electron chi connectivity index (χ4n) is 1.39. The van der Waals surface area contributed by atoms with Crippen molar-refractivity contribution in [3.05, 3.63) is 51.8 Å². The van der Waals surface area contributed by atoms with Gasteiger partial charge in [-0.3, -0.25) is 10.1 Å². The molecule has 7 heteroatoms. The highest BCUT2D eigenvalue weighted by Gasteiger charge is 2.13. The van der Waals surface area contributed by atoms with E-state index in [1.54, 1.807) is 11.4 Å². The first-order chi connectivity index (χ1) is 9.61. The number of amides is 1. The number of nitrogens with one attached hydrogen (secondary N) is 1. The molecule has 4 nitrogen and oxygen atoms in total. The van der Waals surface area contributed by atoms with Crippen molar-refractivity contribution in [3.8, 4) is 6.07 Å². The Hall–Kier alpha value is -2.23. The normalized spacial score (nSPS) is 10.9. The van der Waals surface area contributed by atoms with Gasteiger partial charge in [-0.2, -0.15) is 5.26 Å². The number of carbonyl (C=O) groups is 1. The van der Waals surface area contributed by atoms with Crippen LogP contribution in [-0.4, -0.2) is 10.9 Å². The predicted molar refractivity (Wildman–Crippen MR) is 75.7 cm³/mol. The van der Waals surface area contributed by atoms with Gasteiger partial charge in [-0.25, -0.2) is 9.37 Å². The summed E-state index contributed by atoms with van der Waals surface area (Å²) in [6.45, 7) is 0. The predicted octanol–water partition coefficient (Wildman–Crippen LogP) is 3.48. The smallest absolute Gasteiger partial charge is 0.268 e. The van der Waals surface area contributed by atoms with Crippen molar-refractivity contribution in [1.29, 1.82) is 5.26 Å². The third kappa shape index (κ3) is 3.20. The molecule has 2 aromatic rings. The van der Waals surface area contributed by atoms with Crippen LogP contribution < -0.4 is 5.32 Å². The van der Waals surface area contributed by atoms with E-state index in [9.17, 15) is 9.18 Å². The number of rotatable bonds is 3. The first-order valence-corrected chi connectivity index (χ1v) is 6.64. The minimum Gasteiger partial charge on any atom is -0.297 e. The van der Waals surface area contributed by atoms with E-state index < -0.39 is 11.7 Å². The second kappa shape index (κ2) is 6.28. The van der Waals surface area contributed by atoms with Crippen LogP contribution >= 0.6 is 22.9 Å². The zero-order valence-electron chi connectivity index (χ0n) is 9.93. The van der Waals surface area contributed by atoms with E-state index in [-0.39, 0.29) is 16.2 Å². The number of hydrogen-bond acceptors (Lipinski definition) is 4. The largest absolute Gasteiger partial charge is 0.297 e. The van der Waals surface area contributed by atoms with Crippen LogP contribution in [0.5, 0.6) is 0 Å². The molecule has 20 heavy (non-hydrogen) atoms. The summed E-state index contributed by atoms with van der Waals surface area (Å²) in [6.07, 6.45) is 2.63. The van der Waals surface area contributed by atoms with Crippen LogP contribution in [0.2, 0.25) is 5.02 Å². The summed E-state index contributed by atoms with van der Waals surface area (Å²) in [5, 5.41) is 13.6. The van der Waals surface area contributed by atoms with Crippen molar-refractivity contribution in [2.75, 3.05) is 5.32 Å². The molecule has 0 aliphatic rings. The Morgan fingerprint density at radius 2 is 2.35 bits per heavy atom. The third-order valence-electron chi connectivity index (χ3n) is 2.31. The summed E-state index contributed by atoms with van der Waals surface area (Å²) in [7, 11) is 0. The number of halogens is 2. The molecule has 2 rings (SSSR count). The highest BCUT2D eigenvalue weighted by Crippen LogP contribution is 2.22. The van der Waals surface area contributed by atoms with Crippen molar-refractivity contribution in [2.24, 2.45) is 0 Å². The molecule has 1 aromatic carbocycles. The topological polar surface area (TPSA) is 65.8 Å². The van der Waals surface area contributed by atoms with Crippen molar-refractivity contribution in [2.45, 2.75) is 0 Å². The molecule has 0 atom stereocenters. The molecule has 100 valence electrons. The van der Waals surface area contributed by atoms with Gasteiger partial charge in [0.25, 0.3) is 5.91 Å². The van der Waals surface area contributed by atoms with E-state index in [4.69, 9.17) is 16.9 Å². The van der Waals surface area contributed by atoms with Gasteiger partial charge in [0.15, 0.2) is 5.13 Å². The molecule has 1 aromatic heterocycles. The third-order valence-corrected chi connectivity index (χ3v) is 3.32. The van der Waals surface area contributed by atoms with Gasteiger partial charge in [0.2, 0.25) is 0 Å². The average molecular weight is 308 g/mol. The Labute approximate surface area is 123 Å². The molecule has 0 saturated carbocycles. The molecule has 0 saturated heterocycles. The van der Waals surface area contributed by atoms with Crippen molar-refractivity contribution >= 4 is 40.1 Å². The lowest BCUT2D eigenvalue weighted by Gasteiger charge is -2.02. The first kappa shape index (κ1) is 14.2. The number of anilines is 1. The number of benzene rings is 1. The highest BCUT2D eigenvalue weighted by atomic mass is 35.5. The summed E-state index contributed by atoms with van der Waals surface area (Å²) < 4.78 is 13.6. The summed E-state index contributed by atoms with van der Waals surface area (Å²) in [5.74, 6) is -1.27. The Morgan fingerprint density at radius 1 is 1.55 bits per heavy atom. The number of nitrogens with zero attached hydrogens (tertiary/aromatic N) is 2. The van der Waals surface area contributed by atoms with Crippen LogP contribution in [0.1, 0.15) is 5.56 Å². The Bertz CT molecular complexity index is 687. The van der Waals surface area contributed by atoms with Crippen molar-refractivity contribution in [1.82, 2.24) is 4.98 Å². The second-order valence-electron chi connectivity index (χ2n) is 3.60. The lowest BCUT2D eigenvalue weighted by Crippen LogP contribution is -2.13. The molecule has 0 aliphatic carbocycles. The molecule has 0 unspecified atom stereocenters. The second-order valence-corrected chi connectivity index (χ2v) is 4.90. The molecule has 1 amide bonds. The Morgan fingerprint density at radius 3 is 2.95 bits per heavy atom. The van der Waals surface area contributed by atoms with Crippen LogP contribution in [0, 0.1) is 17.1 Å². The van der Waals surface area contributed by atoms with Gasteiger partial charge in [0.1, 0.15) is 17.5 Å². The molecular formula is C13H7ClFN3OS. The van der Waals surface area contributed by atoms with Gasteiger partial charge in [-0.1, -0.05) is 17.7 Å². The zero-order chi connectivity index (χ0) is 14.5. The zero-order valence-corrected chi connectivity index (χ0v) is 11.5. The van der Waals surface area contributed by atoms with E-state index in [0.717, 1.165) is 6.08 Å². The maximum atomic E-state index is 13.6. The number of carbonyl (C=O) groups excluding carboxylic acids is 1. The fraction of sp³-hybridized carbons (Fsp3) is 0. The van der Waals surface area contributed by atoms with Gasteiger partial charge < -0.3 is 0 Å². The van der Waals surface area contributed by atoms with Crippen LogP contribution in [0.3, 0.4) is 0 Å². The molecule has 0 radical (unpaired) electrons. The summed E-state index contributed by atoms with van der Waals surface area (Å²) in [5.41, 5.74) is -0.257. The van der Waals surface area contributed by atoms with E-state index in [1.807, 2.05) is 0 Å². The lowest BCUT2D eigenvalue weighted by atomic mass is 10.1. The number of thiazole rings is 1.